The number of benzene rings is 2. The number of carbonyl (C=O) groups excluding carboxylic acids is 1. The van der Waals surface area contributed by atoms with Gasteiger partial charge in [0, 0.05) is 13.1 Å². The Morgan fingerprint density at radius 1 is 1.04 bits per heavy atom. The Morgan fingerprint density at radius 3 is 2.08 bits per heavy atom. The fourth-order valence-corrected chi connectivity index (χ4v) is 3.96. The number of carbonyl (C=O) groups is 1. The zero-order valence-corrected chi connectivity index (χ0v) is 15.8. The topological polar surface area (TPSA) is 63.7 Å². The van der Waals surface area contributed by atoms with Gasteiger partial charge >= 0.3 is 5.97 Å². The van der Waals surface area contributed by atoms with Gasteiger partial charge in [0.05, 0.1) is 10.5 Å². The Kier molecular flexibility index (Phi) is 6.50. The van der Waals surface area contributed by atoms with Gasteiger partial charge in [0.1, 0.15) is 11.9 Å². The molecule has 0 unspecified atom stereocenters. The second-order valence-corrected chi connectivity index (χ2v) is 7.65. The van der Waals surface area contributed by atoms with E-state index in [0.717, 1.165) is 0 Å². The van der Waals surface area contributed by atoms with Gasteiger partial charge in [-0.05, 0) is 48.9 Å². The van der Waals surface area contributed by atoms with E-state index in [4.69, 9.17) is 4.74 Å². The number of sulfonamides is 1. The Morgan fingerprint density at radius 2 is 1.58 bits per heavy atom. The first-order chi connectivity index (χ1) is 12.3. The number of nitrogens with zero attached hydrogens (tertiary/aromatic N) is 1. The van der Waals surface area contributed by atoms with Gasteiger partial charge in [-0.1, -0.05) is 26.0 Å². The number of halogens is 1. The molecule has 0 N–H and O–H groups in total. The maximum absolute atomic E-state index is 13.0. The summed E-state index contributed by atoms with van der Waals surface area (Å²) in [5, 5.41) is 0. The van der Waals surface area contributed by atoms with Crippen LogP contribution in [0.5, 0.6) is 0 Å². The van der Waals surface area contributed by atoms with Gasteiger partial charge in [-0.15, -0.1) is 0 Å². The van der Waals surface area contributed by atoms with Gasteiger partial charge in [0.15, 0.2) is 0 Å². The molecular weight excluding hydrogens is 357 g/mol. The van der Waals surface area contributed by atoms with Gasteiger partial charge in [0.2, 0.25) is 10.0 Å². The number of hydrogen-bond donors (Lipinski definition) is 0. The van der Waals surface area contributed by atoms with E-state index in [2.05, 4.69) is 0 Å². The summed E-state index contributed by atoms with van der Waals surface area (Å²) in [5.74, 6) is -0.939. The molecule has 0 saturated carbocycles. The Hall–Kier alpha value is -2.25. The average Bonchev–Trinajstić information content (AvgIpc) is 2.63. The first kappa shape index (κ1) is 20.1. The second kappa shape index (κ2) is 8.42. The molecule has 0 aliphatic rings. The number of hydrogen-bond acceptors (Lipinski definition) is 4. The van der Waals surface area contributed by atoms with Crippen LogP contribution in [-0.2, 0) is 14.8 Å². The zero-order valence-electron chi connectivity index (χ0n) is 15.0. The van der Waals surface area contributed by atoms with E-state index >= 15 is 0 Å². The monoisotopic (exact) mass is 379 g/mol. The molecule has 0 amide bonds. The lowest BCUT2D eigenvalue weighted by Gasteiger charge is -2.18. The minimum absolute atomic E-state index is 0.129. The van der Waals surface area contributed by atoms with Crippen LogP contribution in [0.15, 0.2) is 53.4 Å². The minimum Gasteiger partial charge on any atom is -0.454 e. The van der Waals surface area contributed by atoms with E-state index < -0.39 is 22.1 Å². The van der Waals surface area contributed by atoms with Crippen molar-refractivity contribution in [2.45, 2.75) is 31.8 Å². The molecule has 2 aromatic carbocycles. The molecule has 0 saturated heterocycles. The van der Waals surface area contributed by atoms with Gasteiger partial charge in [-0.2, -0.15) is 4.31 Å². The molecule has 0 aromatic heterocycles. The van der Waals surface area contributed by atoms with Crippen molar-refractivity contribution in [3.8, 4) is 0 Å². The van der Waals surface area contributed by atoms with Crippen LogP contribution in [0.25, 0.3) is 0 Å². The van der Waals surface area contributed by atoms with E-state index in [0.29, 0.717) is 18.7 Å². The summed E-state index contributed by atoms with van der Waals surface area (Å²) in [6.45, 7) is 5.97. The van der Waals surface area contributed by atoms with E-state index in [1.54, 1.807) is 32.9 Å². The summed E-state index contributed by atoms with van der Waals surface area (Å²) < 4.78 is 44.6. The van der Waals surface area contributed by atoms with Crippen LogP contribution in [0.2, 0.25) is 0 Å². The molecular formula is C19H22FNO4S. The standard InChI is InChI=1S/C19H22FNO4S/c1-4-21(5-2)26(23,24)18-12-8-16(9-13-18)19(22)25-14(3)15-6-10-17(20)11-7-15/h6-14H,4-5H2,1-3H3/t14-/m1/s1. The SMILES string of the molecule is CCN(CC)S(=O)(=O)c1ccc(C(=O)O[C@H](C)c2ccc(F)cc2)cc1. The molecule has 140 valence electrons. The maximum Gasteiger partial charge on any atom is 0.338 e. The number of rotatable bonds is 7. The van der Waals surface area contributed by atoms with Gasteiger partial charge in [0.25, 0.3) is 0 Å². The lowest BCUT2D eigenvalue weighted by Crippen LogP contribution is -2.30. The van der Waals surface area contributed by atoms with Crippen molar-refractivity contribution in [1.82, 2.24) is 4.31 Å². The van der Waals surface area contributed by atoms with Crippen molar-refractivity contribution < 1.29 is 22.3 Å². The molecule has 26 heavy (non-hydrogen) atoms. The van der Waals surface area contributed by atoms with Crippen LogP contribution < -0.4 is 0 Å². The number of ether oxygens (including phenoxy) is 1. The molecule has 0 aliphatic heterocycles. The highest BCUT2D eigenvalue weighted by molar-refractivity contribution is 7.89. The summed E-state index contributed by atoms with van der Waals surface area (Å²) in [6, 6.07) is 11.3. The molecule has 7 heteroatoms. The van der Waals surface area contributed by atoms with Crippen molar-refractivity contribution in [2.75, 3.05) is 13.1 Å². The minimum atomic E-state index is -3.57. The van der Waals surface area contributed by atoms with Crippen LogP contribution in [0, 0.1) is 5.82 Å². The molecule has 0 radical (unpaired) electrons. The normalized spacial score (nSPS) is 12.8. The van der Waals surface area contributed by atoms with Crippen molar-refractivity contribution in [3.63, 3.8) is 0 Å². The van der Waals surface area contributed by atoms with Crippen molar-refractivity contribution in [1.29, 1.82) is 0 Å². The van der Waals surface area contributed by atoms with Crippen LogP contribution >= 0.6 is 0 Å². The zero-order chi connectivity index (χ0) is 19.3. The van der Waals surface area contributed by atoms with Crippen molar-refractivity contribution in [3.05, 3.63) is 65.5 Å². The Labute approximate surface area is 153 Å². The highest BCUT2D eigenvalue weighted by Crippen LogP contribution is 2.21. The lowest BCUT2D eigenvalue weighted by atomic mass is 10.1. The summed E-state index contributed by atoms with van der Waals surface area (Å²) in [6.07, 6.45) is -0.554. The van der Waals surface area contributed by atoms with Crippen LogP contribution in [0.1, 0.15) is 42.8 Å². The molecule has 5 nitrogen and oxygen atoms in total. The van der Waals surface area contributed by atoms with E-state index in [1.165, 1.54) is 40.7 Å². The molecule has 0 spiro atoms. The van der Waals surface area contributed by atoms with E-state index in [1.807, 2.05) is 0 Å². The molecule has 0 heterocycles. The van der Waals surface area contributed by atoms with Crippen LogP contribution in [0.3, 0.4) is 0 Å². The van der Waals surface area contributed by atoms with Crippen molar-refractivity contribution in [2.24, 2.45) is 0 Å². The van der Waals surface area contributed by atoms with Gasteiger partial charge in [-0.3, -0.25) is 0 Å². The quantitative estimate of drug-likeness (QED) is 0.687. The third-order valence-electron chi connectivity index (χ3n) is 4.06. The van der Waals surface area contributed by atoms with E-state index in [9.17, 15) is 17.6 Å². The fraction of sp³-hybridized carbons (Fsp3) is 0.316. The fourth-order valence-electron chi connectivity index (χ4n) is 2.51. The smallest absolute Gasteiger partial charge is 0.338 e. The first-order valence-corrected chi connectivity index (χ1v) is 9.80. The summed E-state index contributed by atoms with van der Waals surface area (Å²) >= 11 is 0. The maximum atomic E-state index is 13.0. The predicted octanol–water partition coefficient (Wildman–Crippen LogP) is 3.77. The third kappa shape index (κ3) is 4.47. The molecule has 2 aromatic rings. The third-order valence-corrected chi connectivity index (χ3v) is 6.12. The predicted molar refractivity (Wildman–Crippen MR) is 96.8 cm³/mol. The van der Waals surface area contributed by atoms with E-state index in [-0.39, 0.29) is 16.3 Å². The summed E-state index contributed by atoms with van der Waals surface area (Å²) in [7, 11) is -3.57. The Bertz CT molecular complexity index is 844. The molecule has 0 fully saturated rings. The molecule has 1 atom stereocenters. The lowest BCUT2D eigenvalue weighted by molar-refractivity contribution is 0.0337. The summed E-state index contributed by atoms with van der Waals surface area (Å²) in [4.78, 5) is 12.4. The van der Waals surface area contributed by atoms with Gasteiger partial charge in [-0.25, -0.2) is 17.6 Å². The number of esters is 1. The van der Waals surface area contributed by atoms with Gasteiger partial charge < -0.3 is 4.74 Å². The highest BCUT2D eigenvalue weighted by atomic mass is 32.2. The largest absolute Gasteiger partial charge is 0.454 e. The molecule has 0 bridgehead atoms. The second-order valence-electron chi connectivity index (χ2n) is 5.71. The Balaban J connectivity index is 2.12. The highest BCUT2D eigenvalue weighted by Gasteiger charge is 2.22. The van der Waals surface area contributed by atoms with Crippen molar-refractivity contribution >= 4 is 16.0 Å². The van der Waals surface area contributed by atoms with Crippen LogP contribution in [0.4, 0.5) is 4.39 Å². The van der Waals surface area contributed by atoms with Crippen LogP contribution in [-0.4, -0.2) is 31.8 Å². The molecule has 2 rings (SSSR count). The average molecular weight is 379 g/mol. The first-order valence-electron chi connectivity index (χ1n) is 8.36. The summed E-state index contributed by atoms with van der Waals surface area (Å²) in [5.41, 5.74) is 0.915. The molecule has 0 aliphatic carbocycles.